The summed E-state index contributed by atoms with van der Waals surface area (Å²) in [5.41, 5.74) is 5.25. The Morgan fingerprint density at radius 1 is 1.47 bits per heavy atom. The Morgan fingerprint density at radius 2 is 2.00 bits per heavy atom. The third-order valence-electron chi connectivity index (χ3n) is 2.30. The van der Waals surface area contributed by atoms with E-state index in [4.69, 9.17) is 5.73 Å². The second-order valence-electron chi connectivity index (χ2n) is 4.73. The first-order chi connectivity index (χ1) is 6.41. The minimum absolute atomic E-state index is 0. The second kappa shape index (κ2) is 7.94. The van der Waals surface area contributed by atoms with E-state index in [0.717, 1.165) is 12.8 Å². The number of nitrogens with two attached hydrogens (primary N) is 1. The molecule has 0 heterocycles. The fraction of sp³-hybridized carbons (Fsp3) is 0.909. The van der Waals surface area contributed by atoms with Gasteiger partial charge in [0.05, 0.1) is 0 Å². The van der Waals surface area contributed by atoms with Crippen molar-refractivity contribution < 1.29 is 4.79 Å². The third-order valence-corrected chi connectivity index (χ3v) is 2.30. The number of halogens is 1. The van der Waals surface area contributed by atoms with Crippen LogP contribution in [0.1, 0.15) is 47.0 Å². The maximum Gasteiger partial charge on any atom is 0.220 e. The molecule has 1 unspecified atom stereocenters. The molecule has 0 aromatic rings. The van der Waals surface area contributed by atoms with Gasteiger partial charge in [-0.2, -0.15) is 0 Å². The van der Waals surface area contributed by atoms with Crippen molar-refractivity contribution in [1.29, 1.82) is 0 Å². The topological polar surface area (TPSA) is 55.1 Å². The predicted molar refractivity (Wildman–Crippen MR) is 67.2 cm³/mol. The van der Waals surface area contributed by atoms with E-state index in [1.165, 1.54) is 0 Å². The summed E-state index contributed by atoms with van der Waals surface area (Å²) >= 11 is 0. The second-order valence-corrected chi connectivity index (χ2v) is 4.73. The van der Waals surface area contributed by atoms with E-state index in [1.54, 1.807) is 0 Å². The first kappa shape index (κ1) is 17.1. The third kappa shape index (κ3) is 8.70. The van der Waals surface area contributed by atoms with Crippen LogP contribution >= 0.6 is 12.4 Å². The van der Waals surface area contributed by atoms with Crippen LogP contribution in [0.15, 0.2) is 0 Å². The molecule has 3 N–H and O–H groups in total. The molecule has 3 nitrogen and oxygen atoms in total. The molecule has 92 valence electrons. The lowest BCUT2D eigenvalue weighted by atomic mass is 10.00. The summed E-state index contributed by atoms with van der Waals surface area (Å²) in [6, 6.07) is 0. The minimum atomic E-state index is -0.275. The summed E-state index contributed by atoms with van der Waals surface area (Å²) in [7, 11) is 0. The maximum absolute atomic E-state index is 11.5. The van der Waals surface area contributed by atoms with Crippen molar-refractivity contribution in [1.82, 2.24) is 5.32 Å². The molecule has 0 fully saturated rings. The average molecular weight is 237 g/mol. The van der Waals surface area contributed by atoms with E-state index in [0.29, 0.717) is 18.9 Å². The van der Waals surface area contributed by atoms with Crippen LogP contribution < -0.4 is 11.1 Å². The monoisotopic (exact) mass is 236 g/mol. The summed E-state index contributed by atoms with van der Waals surface area (Å²) < 4.78 is 0. The molecule has 0 aliphatic heterocycles. The summed E-state index contributed by atoms with van der Waals surface area (Å²) in [6.45, 7) is 8.60. The summed E-state index contributed by atoms with van der Waals surface area (Å²) in [4.78, 5) is 11.5. The SMILES string of the molecule is CCCC(C)CC(=O)NC(C)(C)CN.Cl. The molecule has 0 saturated heterocycles. The van der Waals surface area contributed by atoms with Gasteiger partial charge >= 0.3 is 0 Å². The molecule has 0 aromatic heterocycles. The average Bonchev–Trinajstić information content (AvgIpc) is 2.03. The van der Waals surface area contributed by atoms with Crippen molar-refractivity contribution in [2.75, 3.05) is 6.54 Å². The van der Waals surface area contributed by atoms with Gasteiger partial charge in [0.15, 0.2) is 0 Å². The summed E-state index contributed by atoms with van der Waals surface area (Å²) in [6.07, 6.45) is 2.85. The Kier molecular flexibility index (Phi) is 9.07. The maximum atomic E-state index is 11.5. The zero-order valence-electron chi connectivity index (χ0n) is 10.3. The van der Waals surface area contributed by atoms with E-state index >= 15 is 0 Å². The Hall–Kier alpha value is -0.280. The molecule has 15 heavy (non-hydrogen) atoms. The molecule has 0 saturated carbocycles. The Morgan fingerprint density at radius 3 is 2.40 bits per heavy atom. The highest BCUT2D eigenvalue weighted by Crippen LogP contribution is 2.10. The fourth-order valence-electron chi connectivity index (χ4n) is 1.39. The lowest BCUT2D eigenvalue weighted by molar-refractivity contribution is -0.123. The van der Waals surface area contributed by atoms with Crippen LogP contribution in [0.5, 0.6) is 0 Å². The van der Waals surface area contributed by atoms with Crippen molar-refractivity contribution in [2.24, 2.45) is 11.7 Å². The summed E-state index contributed by atoms with van der Waals surface area (Å²) in [5, 5.41) is 2.93. The van der Waals surface area contributed by atoms with Gasteiger partial charge in [0.25, 0.3) is 0 Å². The Bertz CT molecular complexity index is 183. The molecular formula is C11H25ClN2O. The van der Waals surface area contributed by atoms with Crippen LogP contribution in [0, 0.1) is 5.92 Å². The van der Waals surface area contributed by atoms with Crippen LogP contribution in [-0.2, 0) is 4.79 Å². The van der Waals surface area contributed by atoms with Crippen LogP contribution in [0.2, 0.25) is 0 Å². The Balaban J connectivity index is 0. The number of carbonyl (C=O) groups is 1. The first-order valence-corrected chi connectivity index (χ1v) is 5.42. The highest BCUT2D eigenvalue weighted by atomic mass is 35.5. The number of hydrogen-bond donors (Lipinski definition) is 2. The van der Waals surface area contributed by atoms with Gasteiger partial charge in [0.1, 0.15) is 0 Å². The van der Waals surface area contributed by atoms with Crippen molar-refractivity contribution in [3.63, 3.8) is 0 Å². The quantitative estimate of drug-likeness (QED) is 0.742. The normalized spacial score (nSPS) is 12.9. The zero-order chi connectivity index (χ0) is 11.2. The molecule has 0 aliphatic rings. The molecule has 0 spiro atoms. The highest BCUT2D eigenvalue weighted by Gasteiger charge is 2.19. The minimum Gasteiger partial charge on any atom is -0.350 e. The predicted octanol–water partition coefficient (Wildman–Crippen LogP) is 2.09. The van der Waals surface area contributed by atoms with Gasteiger partial charge in [-0.3, -0.25) is 4.79 Å². The van der Waals surface area contributed by atoms with Crippen molar-refractivity contribution in [3.05, 3.63) is 0 Å². The van der Waals surface area contributed by atoms with Crippen molar-refractivity contribution >= 4 is 18.3 Å². The lowest BCUT2D eigenvalue weighted by Gasteiger charge is -2.25. The standard InChI is InChI=1S/C11H24N2O.ClH/c1-5-6-9(2)7-10(14)13-11(3,4)8-12;/h9H,5-8,12H2,1-4H3,(H,13,14);1H. The number of carbonyl (C=O) groups excluding carboxylic acids is 1. The molecule has 1 amide bonds. The molecular weight excluding hydrogens is 212 g/mol. The first-order valence-electron chi connectivity index (χ1n) is 5.42. The van der Waals surface area contributed by atoms with E-state index in [-0.39, 0.29) is 23.9 Å². The molecule has 1 atom stereocenters. The van der Waals surface area contributed by atoms with E-state index in [2.05, 4.69) is 19.2 Å². The smallest absolute Gasteiger partial charge is 0.220 e. The number of amides is 1. The number of nitrogens with one attached hydrogen (secondary N) is 1. The van der Waals surface area contributed by atoms with Gasteiger partial charge in [0, 0.05) is 18.5 Å². The zero-order valence-corrected chi connectivity index (χ0v) is 11.1. The van der Waals surface area contributed by atoms with Gasteiger partial charge in [-0.1, -0.05) is 26.7 Å². The van der Waals surface area contributed by atoms with Crippen molar-refractivity contribution in [3.8, 4) is 0 Å². The van der Waals surface area contributed by atoms with Crippen LogP contribution in [0.25, 0.3) is 0 Å². The molecule has 0 bridgehead atoms. The van der Waals surface area contributed by atoms with Gasteiger partial charge in [0.2, 0.25) is 5.91 Å². The molecule has 0 aromatic carbocycles. The molecule has 0 aliphatic carbocycles. The van der Waals surface area contributed by atoms with Gasteiger partial charge < -0.3 is 11.1 Å². The highest BCUT2D eigenvalue weighted by molar-refractivity contribution is 5.85. The van der Waals surface area contributed by atoms with Crippen LogP contribution in [0.3, 0.4) is 0 Å². The largest absolute Gasteiger partial charge is 0.350 e. The van der Waals surface area contributed by atoms with Crippen LogP contribution in [-0.4, -0.2) is 18.0 Å². The molecule has 0 radical (unpaired) electrons. The van der Waals surface area contributed by atoms with Crippen LogP contribution in [0.4, 0.5) is 0 Å². The van der Waals surface area contributed by atoms with Gasteiger partial charge in [-0.25, -0.2) is 0 Å². The Labute approximate surface area is 99.6 Å². The number of hydrogen-bond acceptors (Lipinski definition) is 2. The van der Waals surface area contributed by atoms with Gasteiger partial charge in [-0.05, 0) is 19.8 Å². The van der Waals surface area contributed by atoms with E-state index < -0.39 is 0 Å². The van der Waals surface area contributed by atoms with Gasteiger partial charge in [-0.15, -0.1) is 12.4 Å². The molecule has 0 rings (SSSR count). The van der Waals surface area contributed by atoms with E-state index in [1.807, 2.05) is 13.8 Å². The van der Waals surface area contributed by atoms with Crippen molar-refractivity contribution in [2.45, 2.75) is 52.5 Å². The fourth-order valence-corrected chi connectivity index (χ4v) is 1.39. The molecule has 4 heteroatoms. The summed E-state index contributed by atoms with van der Waals surface area (Å²) in [5.74, 6) is 0.579. The lowest BCUT2D eigenvalue weighted by Crippen LogP contribution is -2.49. The van der Waals surface area contributed by atoms with E-state index in [9.17, 15) is 4.79 Å². The number of rotatable bonds is 6.